The summed E-state index contributed by atoms with van der Waals surface area (Å²) in [6.45, 7) is 3.03. The summed E-state index contributed by atoms with van der Waals surface area (Å²) in [6.07, 6.45) is 0.696. The molecule has 1 amide bonds. The Morgan fingerprint density at radius 1 is 1.47 bits per heavy atom. The molecule has 4 nitrogen and oxygen atoms in total. The Morgan fingerprint density at radius 2 is 2.24 bits per heavy atom. The Bertz CT molecular complexity index is 441. The summed E-state index contributed by atoms with van der Waals surface area (Å²) in [4.78, 5) is 25.3. The van der Waals surface area contributed by atoms with Crippen LogP contribution in [0.3, 0.4) is 0 Å². The normalized spacial score (nSPS) is 19.4. The largest absolute Gasteiger partial charge is 0.469 e. The molecule has 1 aromatic heterocycles. The third-order valence-electron chi connectivity index (χ3n) is 3.10. The van der Waals surface area contributed by atoms with Gasteiger partial charge in [0.25, 0.3) is 5.91 Å². The highest BCUT2D eigenvalue weighted by molar-refractivity contribution is 7.08. The van der Waals surface area contributed by atoms with Crippen LogP contribution in [0.4, 0.5) is 0 Å². The Labute approximate surface area is 104 Å². The van der Waals surface area contributed by atoms with Gasteiger partial charge in [0.2, 0.25) is 0 Å². The minimum atomic E-state index is -0.220. The van der Waals surface area contributed by atoms with Crippen LogP contribution in [0, 0.1) is 12.8 Å². The molecule has 1 fully saturated rings. The van der Waals surface area contributed by atoms with Crippen LogP contribution in [-0.2, 0) is 9.53 Å². The van der Waals surface area contributed by atoms with Crippen LogP contribution in [-0.4, -0.2) is 37.0 Å². The summed E-state index contributed by atoms with van der Waals surface area (Å²) >= 11 is 1.53. The van der Waals surface area contributed by atoms with E-state index in [4.69, 9.17) is 4.74 Å². The third kappa shape index (κ3) is 2.34. The number of rotatable bonds is 2. The maximum atomic E-state index is 12.2. The number of aryl methyl sites for hydroxylation is 1. The smallest absolute Gasteiger partial charge is 0.310 e. The number of carbonyl (C=O) groups excluding carboxylic acids is 2. The van der Waals surface area contributed by atoms with Crippen molar-refractivity contribution in [1.29, 1.82) is 0 Å². The zero-order valence-electron chi connectivity index (χ0n) is 9.93. The molecule has 0 aliphatic carbocycles. The summed E-state index contributed by atoms with van der Waals surface area (Å²) in [5, 5.41) is 3.82. The van der Waals surface area contributed by atoms with Crippen molar-refractivity contribution in [3.05, 3.63) is 21.9 Å². The number of hydrogen-bond acceptors (Lipinski definition) is 4. The molecule has 1 aromatic rings. The average molecular weight is 253 g/mol. The standard InChI is InChI=1S/C12H15NO3S/c1-8-6-17-7-10(8)11(14)13-4-3-9(5-13)12(15)16-2/h6-7,9H,3-5H2,1-2H3. The number of esters is 1. The molecule has 0 spiro atoms. The van der Waals surface area contributed by atoms with Gasteiger partial charge >= 0.3 is 5.97 Å². The van der Waals surface area contributed by atoms with Crippen LogP contribution in [0.25, 0.3) is 0 Å². The molecule has 1 aliphatic heterocycles. The molecule has 0 aromatic carbocycles. The van der Waals surface area contributed by atoms with Crippen molar-refractivity contribution in [3.63, 3.8) is 0 Å². The van der Waals surface area contributed by atoms with E-state index < -0.39 is 0 Å². The first kappa shape index (κ1) is 12.1. The summed E-state index contributed by atoms with van der Waals surface area (Å²) in [5.74, 6) is -0.361. The van der Waals surface area contributed by atoms with Crippen LogP contribution in [0.15, 0.2) is 10.8 Å². The molecule has 0 bridgehead atoms. The Morgan fingerprint density at radius 3 is 2.82 bits per heavy atom. The van der Waals surface area contributed by atoms with E-state index >= 15 is 0 Å². The number of amides is 1. The average Bonchev–Trinajstić information content (AvgIpc) is 2.95. The molecular weight excluding hydrogens is 238 g/mol. The predicted octanol–water partition coefficient (Wildman–Crippen LogP) is 1.69. The SMILES string of the molecule is COC(=O)C1CCN(C(=O)c2cscc2C)C1. The fraction of sp³-hybridized carbons (Fsp3) is 0.500. The maximum absolute atomic E-state index is 12.2. The van der Waals surface area contributed by atoms with E-state index in [0.717, 1.165) is 11.1 Å². The summed E-state index contributed by atoms with van der Waals surface area (Å²) < 4.78 is 4.70. The second kappa shape index (κ2) is 4.87. The van der Waals surface area contributed by atoms with E-state index in [1.54, 1.807) is 4.90 Å². The molecule has 1 atom stereocenters. The number of ether oxygens (including phenoxy) is 1. The fourth-order valence-corrected chi connectivity index (χ4v) is 2.88. The Kier molecular flexibility index (Phi) is 3.47. The molecule has 92 valence electrons. The number of likely N-dealkylation sites (tertiary alicyclic amines) is 1. The van der Waals surface area contributed by atoms with E-state index in [1.807, 2.05) is 17.7 Å². The van der Waals surface area contributed by atoms with Gasteiger partial charge in [-0.1, -0.05) is 0 Å². The number of carbonyl (C=O) groups is 2. The minimum absolute atomic E-state index is 0.0233. The fourth-order valence-electron chi connectivity index (χ4n) is 2.05. The van der Waals surface area contributed by atoms with Gasteiger partial charge in [-0.15, -0.1) is 0 Å². The Balaban J connectivity index is 2.04. The Hall–Kier alpha value is -1.36. The number of nitrogens with zero attached hydrogens (tertiary/aromatic N) is 1. The molecule has 0 radical (unpaired) electrons. The monoisotopic (exact) mass is 253 g/mol. The van der Waals surface area contributed by atoms with Crippen LogP contribution in [0.1, 0.15) is 22.3 Å². The quantitative estimate of drug-likeness (QED) is 0.754. The van der Waals surface area contributed by atoms with Crippen molar-refractivity contribution in [2.45, 2.75) is 13.3 Å². The van der Waals surface area contributed by atoms with E-state index in [-0.39, 0.29) is 17.8 Å². The first-order valence-electron chi connectivity index (χ1n) is 5.53. The van der Waals surface area contributed by atoms with Crippen LogP contribution < -0.4 is 0 Å². The van der Waals surface area contributed by atoms with Gasteiger partial charge in [-0.3, -0.25) is 9.59 Å². The van der Waals surface area contributed by atoms with Crippen molar-refractivity contribution in [3.8, 4) is 0 Å². The van der Waals surface area contributed by atoms with Crippen molar-refractivity contribution in [2.75, 3.05) is 20.2 Å². The van der Waals surface area contributed by atoms with Gasteiger partial charge in [-0.25, -0.2) is 0 Å². The lowest BCUT2D eigenvalue weighted by molar-refractivity contribution is -0.144. The van der Waals surface area contributed by atoms with Crippen molar-refractivity contribution >= 4 is 23.2 Å². The second-order valence-electron chi connectivity index (χ2n) is 4.23. The number of methoxy groups -OCH3 is 1. The maximum Gasteiger partial charge on any atom is 0.310 e. The van der Waals surface area contributed by atoms with Gasteiger partial charge < -0.3 is 9.64 Å². The van der Waals surface area contributed by atoms with Gasteiger partial charge in [-0.2, -0.15) is 11.3 Å². The van der Waals surface area contributed by atoms with Gasteiger partial charge in [0.1, 0.15) is 0 Å². The molecule has 1 aliphatic rings. The van der Waals surface area contributed by atoms with Gasteiger partial charge in [0.15, 0.2) is 0 Å². The molecular formula is C12H15NO3S. The highest BCUT2D eigenvalue weighted by atomic mass is 32.1. The first-order valence-corrected chi connectivity index (χ1v) is 6.47. The highest BCUT2D eigenvalue weighted by Gasteiger charge is 2.32. The van der Waals surface area contributed by atoms with Crippen molar-refractivity contribution < 1.29 is 14.3 Å². The van der Waals surface area contributed by atoms with E-state index in [9.17, 15) is 9.59 Å². The predicted molar refractivity (Wildman–Crippen MR) is 65.1 cm³/mol. The molecule has 2 heterocycles. The molecule has 0 saturated carbocycles. The van der Waals surface area contributed by atoms with Crippen LogP contribution >= 0.6 is 11.3 Å². The van der Waals surface area contributed by atoms with Gasteiger partial charge in [-0.05, 0) is 24.3 Å². The second-order valence-corrected chi connectivity index (χ2v) is 4.97. The first-order chi connectivity index (χ1) is 8.13. The molecule has 0 N–H and O–H groups in total. The number of thiophene rings is 1. The molecule has 17 heavy (non-hydrogen) atoms. The van der Waals surface area contributed by atoms with Crippen molar-refractivity contribution in [1.82, 2.24) is 4.90 Å². The summed E-state index contributed by atoms with van der Waals surface area (Å²) in [6, 6.07) is 0. The van der Waals surface area contributed by atoms with Crippen LogP contribution in [0.5, 0.6) is 0 Å². The lowest BCUT2D eigenvalue weighted by Crippen LogP contribution is -2.30. The zero-order valence-corrected chi connectivity index (χ0v) is 10.8. The minimum Gasteiger partial charge on any atom is -0.469 e. The molecule has 1 unspecified atom stereocenters. The van der Waals surface area contributed by atoms with Gasteiger partial charge in [0, 0.05) is 18.5 Å². The van der Waals surface area contributed by atoms with E-state index in [2.05, 4.69) is 0 Å². The number of hydrogen-bond donors (Lipinski definition) is 0. The highest BCUT2D eigenvalue weighted by Crippen LogP contribution is 2.22. The topological polar surface area (TPSA) is 46.6 Å². The summed E-state index contributed by atoms with van der Waals surface area (Å²) in [5.41, 5.74) is 1.75. The van der Waals surface area contributed by atoms with Crippen molar-refractivity contribution in [2.24, 2.45) is 5.92 Å². The molecule has 1 saturated heterocycles. The van der Waals surface area contributed by atoms with E-state index in [1.165, 1.54) is 18.4 Å². The molecule has 5 heteroatoms. The summed E-state index contributed by atoms with van der Waals surface area (Å²) in [7, 11) is 1.38. The van der Waals surface area contributed by atoms with E-state index in [0.29, 0.717) is 19.5 Å². The van der Waals surface area contributed by atoms with Crippen LogP contribution in [0.2, 0.25) is 0 Å². The zero-order chi connectivity index (χ0) is 12.4. The third-order valence-corrected chi connectivity index (χ3v) is 3.96. The lowest BCUT2D eigenvalue weighted by Gasteiger charge is -2.15. The lowest BCUT2D eigenvalue weighted by atomic mass is 10.1. The molecule has 2 rings (SSSR count). The van der Waals surface area contributed by atoms with Gasteiger partial charge in [0.05, 0.1) is 18.6 Å².